The molecule has 4 aliphatic rings. The number of rotatable bonds is 19. The molecule has 22 heteroatoms. The molecule has 6 N–H and O–H groups in total. The first-order chi connectivity index (χ1) is 37.7. The van der Waals surface area contributed by atoms with Crippen LogP contribution in [-0.4, -0.2) is 225 Å². The molecule has 0 unspecified atom stereocenters. The van der Waals surface area contributed by atoms with Gasteiger partial charge in [-0.2, -0.15) is 0 Å². The van der Waals surface area contributed by atoms with Crippen LogP contribution in [0.1, 0.15) is 93.1 Å². The van der Waals surface area contributed by atoms with Crippen molar-refractivity contribution in [1.29, 1.82) is 0 Å². The number of nitrogens with one attached hydrogen (secondary N) is 1. The number of cyclic esters (lactones) is 1. The summed E-state index contributed by atoms with van der Waals surface area (Å²) in [6, 6.07) is 6.63. The number of methoxy groups -OCH3 is 3. The van der Waals surface area contributed by atoms with E-state index in [0.29, 0.717) is 30.7 Å². The minimum absolute atomic E-state index is 0.0158. The Morgan fingerprint density at radius 2 is 1.49 bits per heavy atom. The third kappa shape index (κ3) is 17.8. The maximum atomic E-state index is 14.4. The number of hydrogen-bond acceptors (Lipinski definition) is 20. The van der Waals surface area contributed by atoms with Gasteiger partial charge in [0, 0.05) is 58.4 Å². The molecule has 22 nitrogen and oxygen atoms in total. The number of amides is 2. The zero-order valence-electron chi connectivity index (χ0n) is 49.3. The molecule has 4 aliphatic heterocycles. The number of likely N-dealkylation sites (N-methyl/N-ethyl adjacent to an activating group) is 2. The lowest BCUT2D eigenvalue weighted by atomic mass is 9.79. The maximum Gasteiger partial charge on any atom is 0.308 e. The van der Waals surface area contributed by atoms with E-state index in [9.17, 15) is 44.7 Å². The summed E-state index contributed by atoms with van der Waals surface area (Å²) in [6.45, 7) is 13.5. The second-order valence-corrected chi connectivity index (χ2v) is 22.7. The molecule has 4 heterocycles. The van der Waals surface area contributed by atoms with Crippen molar-refractivity contribution in [1.82, 2.24) is 15.1 Å². The maximum absolute atomic E-state index is 14.4. The van der Waals surface area contributed by atoms with Gasteiger partial charge in [0.1, 0.15) is 48.5 Å². The summed E-state index contributed by atoms with van der Waals surface area (Å²) in [5.41, 5.74) is 0.0779. The average molecular weight is 1140 g/mol. The number of benzene rings is 1. The number of nitrogens with zero attached hydrogens (tertiary/aromatic N) is 2. The van der Waals surface area contributed by atoms with Crippen molar-refractivity contribution in [2.75, 3.05) is 62.2 Å². The van der Waals surface area contributed by atoms with Crippen LogP contribution >= 0.6 is 0 Å². The molecular weight excluding hydrogens is 1040 g/mol. The fraction of sp³-hybridized carbons (Fsp3) is 0.759. The van der Waals surface area contributed by atoms with Gasteiger partial charge in [-0.15, -0.1) is 0 Å². The topological polar surface area (TPSA) is 280 Å². The van der Waals surface area contributed by atoms with Crippen LogP contribution in [0.3, 0.4) is 0 Å². The van der Waals surface area contributed by atoms with Crippen molar-refractivity contribution in [3.8, 4) is 5.75 Å². The first-order valence-corrected chi connectivity index (χ1v) is 28.0. The molecule has 0 aromatic heterocycles. The first kappa shape index (κ1) is 66.8. The number of aliphatic hydroxyl groups is 5. The Kier molecular flexibility index (Phi) is 25.5. The fourth-order valence-electron chi connectivity index (χ4n) is 11.2. The Morgan fingerprint density at radius 1 is 0.825 bits per heavy atom. The van der Waals surface area contributed by atoms with Crippen LogP contribution < -0.4 is 10.1 Å². The van der Waals surface area contributed by atoms with Crippen LogP contribution in [0.5, 0.6) is 5.75 Å². The summed E-state index contributed by atoms with van der Waals surface area (Å²) in [5, 5.41) is 59.8. The number of esters is 1. The van der Waals surface area contributed by atoms with Gasteiger partial charge in [0.05, 0.1) is 68.8 Å². The highest BCUT2D eigenvalue weighted by atomic mass is 16.7. The van der Waals surface area contributed by atoms with E-state index in [4.69, 9.17) is 47.4 Å². The molecule has 2 amide bonds. The minimum Gasteiger partial charge on any atom is -0.497 e. The summed E-state index contributed by atoms with van der Waals surface area (Å²) < 4.78 is 60.7. The van der Waals surface area contributed by atoms with E-state index < -0.39 is 152 Å². The zero-order valence-corrected chi connectivity index (χ0v) is 49.3. The van der Waals surface area contributed by atoms with Gasteiger partial charge in [-0.05, 0) is 97.7 Å². The molecule has 0 saturated carbocycles. The molecule has 0 spiro atoms. The Balaban J connectivity index is 1.46. The van der Waals surface area contributed by atoms with E-state index in [0.717, 1.165) is 5.56 Å². The molecule has 3 fully saturated rings. The van der Waals surface area contributed by atoms with Crippen LogP contribution in [0.4, 0.5) is 0 Å². The second-order valence-electron chi connectivity index (χ2n) is 22.7. The normalized spacial score (nSPS) is 38.9. The predicted octanol–water partition coefficient (Wildman–Crippen LogP) is 2.46. The predicted molar refractivity (Wildman–Crippen MR) is 292 cm³/mol. The quantitative estimate of drug-likeness (QED) is 0.109. The molecule has 1 aromatic carbocycles. The highest BCUT2D eigenvalue weighted by Gasteiger charge is 2.52. The number of ether oxygens (including phenoxy) is 10. The number of aliphatic hydroxyl groups excluding tert-OH is 4. The Morgan fingerprint density at radius 3 is 2.10 bits per heavy atom. The van der Waals surface area contributed by atoms with E-state index in [1.165, 1.54) is 39.2 Å². The highest BCUT2D eigenvalue weighted by molar-refractivity contribution is 5.92. The third-order valence-electron chi connectivity index (χ3n) is 16.2. The van der Waals surface area contributed by atoms with E-state index >= 15 is 0 Å². The largest absolute Gasteiger partial charge is 0.497 e. The summed E-state index contributed by atoms with van der Waals surface area (Å²) in [4.78, 5) is 59.2. The number of hydrogen-bond donors (Lipinski definition) is 6. The monoisotopic (exact) mass is 1140 g/mol. The van der Waals surface area contributed by atoms with E-state index in [1.807, 2.05) is 37.3 Å². The summed E-state index contributed by atoms with van der Waals surface area (Å²) >= 11 is 0. The lowest BCUT2D eigenvalue weighted by molar-refractivity contribution is -0.342. The minimum atomic E-state index is -1.54. The standard InChI is InChI=1S/C58H93N3O19/c1-15-43-39(30-74-57-54(73-14)53(72-13)49(67)34(5)76-57)24-31(2)16-21-41(62)32(3)25-38(26-45(65)61(11)29-44(64)59-23-22-37-17-19-40(71-12)20-18-37)51(33(4)42(63)27-46(66)78-43)80-56-50(68)48(60(9)10)52(35(6)77-56)79-47-28-58(8,70)55(69)36(7)75-47/h16-21,24,32-36,38-39,42-43,47-57,63,67-70H,15,22-23,25-30H2,1-14H3,(H,59,64)/b21-16+,31-24+/t32-,33+,34-,35-,36+,38-,39-,42-,43-,47+,48-,49-,50-,51-,52-,53-,54-,55+,56+,57-,58-/m1/s1. The van der Waals surface area contributed by atoms with Crippen molar-refractivity contribution in [2.45, 2.75) is 198 Å². The molecule has 5 rings (SSSR count). The van der Waals surface area contributed by atoms with Gasteiger partial charge in [0.25, 0.3) is 0 Å². The van der Waals surface area contributed by atoms with Crippen LogP contribution in [0.15, 0.2) is 48.1 Å². The molecule has 0 radical (unpaired) electrons. The van der Waals surface area contributed by atoms with Crippen molar-refractivity contribution in [3.63, 3.8) is 0 Å². The molecule has 0 aliphatic carbocycles. The molecule has 80 heavy (non-hydrogen) atoms. The lowest BCUT2D eigenvalue weighted by Crippen LogP contribution is -2.65. The van der Waals surface area contributed by atoms with Gasteiger partial charge in [0.2, 0.25) is 11.8 Å². The van der Waals surface area contributed by atoms with Gasteiger partial charge in [-0.1, -0.05) is 50.6 Å². The second kappa shape index (κ2) is 30.5. The van der Waals surface area contributed by atoms with Crippen molar-refractivity contribution in [2.24, 2.45) is 23.7 Å². The summed E-state index contributed by atoms with van der Waals surface area (Å²) in [7, 11) is 9.46. The molecule has 454 valence electrons. The number of ketones is 1. The molecular formula is C58H93N3O19. The van der Waals surface area contributed by atoms with Gasteiger partial charge < -0.3 is 88.0 Å². The van der Waals surface area contributed by atoms with E-state index in [1.54, 1.807) is 73.7 Å². The zero-order chi connectivity index (χ0) is 59.3. The van der Waals surface area contributed by atoms with E-state index in [-0.39, 0.29) is 38.2 Å². The van der Waals surface area contributed by atoms with Crippen molar-refractivity contribution < 1.29 is 92.1 Å². The summed E-state index contributed by atoms with van der Waals surface area (Å²) in [5.74, 6) is -4.46. The van der Waals surface area contributed by atoms with Gasteiger partial charge in [-0.25, -0.2) is 0 Å². The smallest absolute Gasteiger partial charge is 0.308 e. The average Bonchev–Trinajstić information content (AvgIpc) is 3.40. The molecule has 3 saturated heterocycles. The SMILES string of the molecule is CC[C@H]1OC(=O)C[C@@H](O)[C@H](C)[C@@H](O[C@@H]2O[C@H](C)[C@@H](O[C@H]3C[C@@](C)(O)[C@@H](O)[C@H](C)O3)[C@H](N(C)C)[C@H]2O)[C@@H](CC(=O)N(C)CC(=O)NCCc2ccc(OC)cc2)C[C@@H](C)C(=O)/C=C/C(C)=C/[C@@H]1CO[C@@H]1O[C@H](C)[C@@H](O)[C@@H](OC)[C@H]1OC. The Labute approximate surface area is 472 Å². The van der Waals surface area contributed by atoms with Gasteiger partial charge >= 0.3 is 5.97 Å². The van der Waals surface area contributed by atoms with Crippen molar-refractivity contribution >= 4 is 23.6 Å². The summed E-state index contributed by atoms with van der Waals surface area (Å²) in [6.07, 6.45) is -10.3. The first-order valence-electron chi connectivity index (χ1n) is 28.0. The number of carbonyl (C=O) groups excluding carboxylic acids is 4. The lowest BCUT2D eigenvalue weighted by Gasteiger charge is -2.50. The molecule has 21 atom stereocenters. The van der Waals surface area contributed by atoms with Crippen LogP contribution in [-0.2, 0) is 68.2 Å². The molecule has 1 aromatic rings. The van der Waals surface area contributed by atoms with Crippen LogP contribution in [0.25, 0.3) is 0 Å². The van der Waals surface area contributed by atoms with Crippen LogP contribution in [0, 0.1) is 23.7 Å². The van der Waals surface area contributed by atoms with Gasteiger partial charge in [0.15, 0.2) is 24.7 Å². The number of carbonyl (C=O) groups is 4. The Bertz CT molecular complexity index is 2200. The third-order valence-corrected chi connectivity index (χ3v) is 16.2. The molecule has 0 bridgehead atoms. The fourth-order valence-corrected chi connectivity index (χ4v) is 11.2. The van der Waals surface area contributed by atoms with Gasteiger partial charge in [-0.3, -0.25) is 19.2 Å². The van der Waals surface area contributed by atoms with Crippen LogP contribution in [0.2, 0.25) is 0 Å². The van der Waals surface area contributed by atoms with E-state index in [2.05, 4.69) is 5.32 Å². The number of allylic oxidation sites excluding steroid dienone is 3. The highest BCUT2D eigenvalue weighted by Crippen LogP contribution is 2.38. The Hall–Kier alpha value is -3.98. The van der Waals surface area contributed by atoms with Crippen molar-refractivity contribution in [3.05, 3.63) is 53.6 Å².